The summed E-state index contributed by atoms with van der Waals surface area (Å²) in [6.07, 6.45) is 4.94. The Bertz CT molecular complexity index is 1140. The summed E-state index contributed by atoms with van der Waals surface area (Å²) in [5, 5.41) is 11.5. The van der Waals surface area contributed by atoms with Gasteiger partial charge in [0.25, 0.3) is 5.91 Å². The Kier molecular flexibility index (Phi) is 5.95. The highest BCUT2D eigenvalue weighted by atomic mass is 32.1. The van der Waals surface area contributed by atoms with Crippen molar-refractivity contribution in [2.24, 2.45) is 0 Å². The lowest BCUT2D eigenvalue weighted by Crippen LogP contribution is -2.32. The summed E-state index contributed by atoms with van der Waals surface area (Å²) in [5.41, 5.74) is 2.30. The third-order valence-electron chi connectivity index (χ3n) is 5.32. The van der Waals surface area contributed by atoms with Crippen LogP contribution in [-0.2, 0) is 4.79 Å². The van der Waals surface area contributed by atoms with Gasteiger partial charge in [-0.25, -0.2) is 4.98 Å². The van der Waals surface area contributed by atoms with E-state index in [1.54, 1.807) is 30.3 Å². The van der Waals surface area contributed by atoms with Crippen molar-refractivity contribution in [2.45, 2.75) is 32.7 Å². The standard InChI is InChI=1S/C24H23N3O3S/c1-3-4-13-27-19(17-11-8-12-25-14-17)18(21(29)24(27)30)20(28)22-15(2)26-23(31-22)16-9-6-5-7-10-16/h5-12,14,19,29H,3-4,13H2,1-2H3. The van der Waals surface area contributed by atoms with E-state index in [-0.39, 0.29) is 11.4 Å². The number of hydrogen-bond acceptors (Lipinski definition) is 6. The molecule has 3 aromatic rings. The lowest BCUT2D eigenvalue weighted by molar-refractivity contribution is -0.129. The second kappa shape index (κ2) is 8.81. The molecule has 3 heterocycles. The molecule has 1 N–H and O–H groups in total. The number of hydrogen-bond donors (Lipinski definition) is 1. The van der Waals surface area contributed by atoms with Crippen LogP contribution >= 0.6 is 11.3 Å². The van der Waals surface area contributed by atoms with Gasteiger partial charge in [-0.2, -0.15) is 0 Å². The first-order valence-electron chi connectivity index (χ1n) is 10.2. The first kappa shape index (κ1) is 20.9. The molecule has 6 nitrogen and oxygen atoms in total. The molecule has 0 saturated heterocycles. The minimum atomic E-state index is -0.665. The molecule has 0 fully saturated rings. The SMILES string of the molecule is CCCCN1C(=O)C(O)=C(C(=O)c2sc(-c3ccccc3)nc2C)C1c1cccnc1. The third kappa shape index (κ3) is 3.88. The zero-order valence-corrected chi connectivity index (χ0v) is 18.2. The summed E-state index contributed by atoms with van der Waals surface area (Å²) < 4.78 is 0. The van der Waals surface area contributed by atoms with Crippen molar-refractivity contribution in [3.63, 3.8) is 0 Å². The summed E-state index contributed by atoms with van der Waals surface area (Å²) in [7, 11) is 0. The summed E-state index contributed by atoms with van der Waals surface area (Å²) in [4.78, 5) is 37.2. The number of aromatic nitrogens is 2. The maximum absolute atomic E-state index is 13.6. The van der Waals surface area contributed by atoms with E-state index in [1.807, 2.05) is 43.3 Å². The fourth-order valence-corrected chi connectivity index (χ4v) is 4.79. The first-order chi connectivity index (χ1) is 15.0. The van der Waals surface area contributed by atoms with Gasteiger partial charge in [-0.15, -0.1) is 11.3 Å². The van der Waals surface area contributed by atoms with E-state index in [1.165, 1.54) is 11.3 Å². The van der Waals surface area contributed by atoms with E-state index in [9.17, 15) is 14.7 Å². The van der Waals surface area contributed by atoms with E-state index in [0.717, 1.165) is 23.4 Å². The number of carbonyl (C=O) groups excluding carboxylic acids is 2. The Morgan fingerprint density at radius 2 is 1.97 bits per heavy atom. The van der Waals surface area contributed by atoms with Gasteiger partial charge in [-0.05, 0) is 25.0 Å². The van der Waals surface area contributed by atoms with Crippen molar-refractivity contribution < 1.29 is 14.7 Å². The number of pyridine rings is 1. The van der Waals surface area contributed by atoms with E-state index < -0.39 is 17.7 Å². The molecule has 1 atom stereocenters. The van der Waals surface area contributed by atoms with E-state index in [4.69, 9.17) is 0 Å². The normalized spacial score (nSPS) is 16.3. The molecule has 0 spiro atoms. The van der Waals surface area contributed by atoms with Crippen LogP contribution in [0, 0.1) is 6.92 Å². The summed E-state index contributed by atoms with van der Waals surface area (Å²) >= 11 is 1.28. The Morgan fingerprint density at radius 1 is 1.19 bits per heavy atom. The molecule has 158 valence electrons. The second-order valence-corrected chi connectivity index (χ2v) is 8.43. The third-order valence-corrected chi connectivity index (χ3v) is 6.53. The van der Waals surface area contributed by atoms with Crippen molar-refractivity contribution in [1.29, 1.82) is 0 Å². The van der Waals surface area contributed by atoms with Crippen LogP contribution in [0.4, 0.5) is 0 Å². The van der Waals surface area contributed by atoms with Crippen LogP contribution < -0.4 is 0 Å². The van der Waals surface area contributed by atoms with Crippen LogP contribution in [0.5, 0.6) is 0 Å². The topological polar surface area (TPSA) is 83.4 Å². The molecule has 1 unspecified atom stereocenters. The first-order valence-corrected chi connectivity index (χ1v) is 11.1. The number of rotatable bonds is 7. The molecular formula is C24H23N3O3S. The van der Waals surface area contributed by atoms with Crippen LogP contribution in [-0.4, -0.2) is 38.2 Å². The lowest BCUT2D eigenvalue weighted by atomic mass is 9.96. The van der Waals surface area contributed by atoms with Crippen molar-refractivity contribution in [3.05, 3.63) is 82.3 Å². The monoisotopic (exact) mass is 433 g/mol. The van der Waals surface area contributed by atoms with Crippen molar-refractivity contribution in [2.75, 3.05) is 6.54 Å². The van der Waals surface area contributed by atoms with Gasteiger partial charge in [-0.1, -0.05) is 49.7 Å². The number of aliphatic hydroxyl groups excluding tert-OH is 1. The van der Waals surface area contributed by atoms with Crippen LogP contribution in [0.25, 0.3) is 10.6 Å². The summed E-state index contributed by atoms with van der Waals surface area (Å²) in [6.45, 7) is 4.26. The number of aryl methyl sites for hydroxylation is 1. The van der Waals surface area contributed by atoms with Gasteiger partial charge in [0.05, 0.1) is 22.2 Å². The number of thiazole rings is 1. The predicted octanol–water partition coefficient (Wildman–Crippen LogP) is 4.89. The summed E-state index contributed by atoms with van der Waals surface area (Å²) in [6, 6.07) is 12.6. The number of benzene rings is 1. The average Bonchev–Trinajstić information content (AvgIpc) is 3.31. The molecule has 31 heavy (non-hydrogen) atoms. The average molecular weight is 434 g/mol. The molecule has 1 amide bonds. The fourth-order valence-electron chi connectivity index (χ4n) is 3.76. The molecular weight excluding hydrogens is 410 g/mol. The molecule has 0 saturated carbocycles. The zero-order valence-electron chi connectivity index (χ0n) is 17.4. The smallest absolute Gasteiger partial charge is 0.290 e. The van der Waals surface area contributed by atoms with E-state index in [2.05, 4.69) is 9.97 Å². The Morgan fingerprint density at radius 3 is 2.65 bits per heavy atom. The molecule has 0 radical (unpaired) electrons. The Hall–Kier alpha value is -3.32. The molecule has 0 bridgehead atoms. The van der Waals surface area contributed by atoms with E-state index >= 15 is 0 Å². The molecule has 2 aromatic heterocycles. The highest BCUT2D eigenvalue weighted by molar-refractivity contribution is 7.17. The van der Waals surface area contributed by atoms with Crippen LogP contribution in [0.3, 0.4) is 0 Å². The van der Waals surface area contributed by atoms with Gasteiger partial charge in [0.1, 0.15) is 5.01 Å². The molecule has 1 aliphatic rings. The molecule has 1 aromatic carbocycles. The zero-order chi connectivity index (χ0) is 22.0. The minimum absolute atomic E-state index is 0.0977. The highest BCUT2D eigenvalue weighted by Crippen LogP contribution is 2.40. The second-order valence-electron chi connectivity index (χ2n) is 7.43. The minimum Gasteiger partial charge on any atom is -0.503 e. The summed E-state index contributed by atoms with van der Waals surface area (Å²) in [5.74, 6) is -1.36. The number of unbranched alkanes of at least 4 members (excludes halogenated alkanes) is 1. The van der Waals surface area contributed by atoms with Gasteiger partial charge in [0.2, 0.25) is 5.78 Å². The van der Waals surface area contributed by atoms with Gasteiger partial charge in [0.15, 0.2) is 5.76 Å². The predicted molar refractivity (Wildman–Crippen MR) is 120 cm³/mol. The maximum Gasteiger partial charge on any atom is 0.290 e. The lowest BCUT2D eigenvalue weighted by Gasteiger charge is -2.26. The van der Waals surface area contributed by atoms with Crippen LogP contribution in [0.15, 0.2) is 66.2 Å². The van der Waals surface area contributed by atoms with Gasteiger partial charge in [-0.3, -0.25) is 14.6 Å². The quantitative estimate of drug-likeness (QED) is 0.536. The molecule has 4 rings (SSSR count). The fraction of sp³-hybridized carbons (Fsp3) is 0.250. The van der Waals surface area contributed by atoms with Crippen LogP contribution in [0.2, 0.25) is 0 Å². The maximum atomic E-state index is 13.6. The van der Waals surface area contributed by atoms with Gasteiger partial charge in [0, 0.05) is 24.5 Å². The Balaban J connectivity index is 1.77. The number of amides is 1. The molecule has 7 heteroatoms. The molecule has 0 aliphatic carbocycles. The number of ketones is 1. The van der Waals surface area contributed by atoms with Crippen LogP contribution in [0.1, 0.15) is 46.7 Å². The van der Waals surface area contributed by atoms with Gasteiger partial charge < -0.3 is 10.0 Å². The van der Waals surface area contributed by atoms with Gasteiger partial charge >= 0.3 is 0 Å². The number of carbonyl (C=O) groups is 2. The van der Waals surface area contributed by atoms with E-state index in [0.29, 0.717) is 22.7 Å². The largest absolute Gasteiger partial charge is 0.503 e. The van der Waals surface area contributed by atoms with Crippen molar-refractivity contribution in [1.82, 2.24) is 14.9 Å². The number of nitrogens with zero attached hydrogens (tertiary/aromatic N) is 3. The highest BCUT2D eigenvalue weighted by Gasteiger charge is 2.44. The Labute approximate surface area is 184 Å². The number of aliphatic hydroxyl groups is 1. The number of Topliss-reactive ketones (excluding diaryl/α,β-unsaturated/α-hetero) is 1. The molecule has 1 aliphatic heterocycles. The van der Waals surface area contributed by atoms with Crippen molar-refractivity contribution in [3.8, 4) is 10.6 Å². The van der Waals surface area contributed by atoms with Crippen molar-refractivity contribution >= 4 is 23.0 Å².